The van der Waals surface area contributed by atoms with Crippen LogP contribution in [0.15, 0.2) is 18.5 Å². The maximum atomic E-state index is 4.25. The van der Waals surface area contributed by atoms with Gasteiger partial charge in [-0.25, -0.2) is 4.98 Å². The molecule has 0 saturated heterocycles. The van der Waals surface area contributed by atoms with Crippen molar-refractivity contribution in [1.29, 1.82) is 0 Å². The molecule has 0 amide bonds. The van der Waals surface area contributed by atoms with Gasteiger partial charge in [0.1, 0.15) is 6.33 Å². The predicted molar refractivity (Wildman–Crippen MR) is 66.0 cm³/mol. The molecular weight excluding hydrogens is 214 g/mol. The third-order valence-corrected chi connectivity index (χ3v) is 2.76. The van der Waals surface area contributed by atoms with Crippen molar-refractivity contribution in [3.63, 3.8) is 0 Å². The normalized spacial score (nSPS) is 10.8. The summed E-state index contributed by atoms with van der Waals surface area (Å²) in [6.45, 7) is 7.77. The van der Waals surface area contributed by atoms with Crippen molar-refractivity contribution in [1.82, 2.24) is 25.1 Å². The first-order valence-corrected chi connectivity index (χ1v) is 5.76. The van der Waals surface area contributed by atoms with Crippen LogP contribution in [0.1, 0.15) is 24.0 Å². The first-order chi connectivity index (χ1) is 8.22. The van der Waals surface area contributed by atoms with Crippen LogP contribution in [-0.4, -0.2) is 26.3 Å². The number of imidazole rings is 1. The molecule has 0 unspecified atom stereocenters. The van der Waals surface area contributed by atoms with Crippen molar-refractivity contribution in [2.75, 3.05) is 6.54 Å². The van der Waals surface area contributed by atoms with E-state index < -0.39 is 0 Å². The molecule has 2 aromatic rings. The third kappa shape index (κ3) is 2.50. The van der Waals surface area contributed by atoms with Crippen LogP contribution in [0, 0.1) is 13.8 Å². The molecular formula is C12H17N5. The molecule has 0 aliphatic rings. The summed E-state index contributed by atoms with van der Waals surface area (Å²) in [6, 6.07) is 3.95. The minimum absolute atomic E-state index is 0.756. The lowest BCUT2D eigenvalue weighted by Gasteiger charge is -2.05. The Morgan fingerprint density at radius 3 is 2.59 bits per heavy atom. The molecule has 0 aliphatic carbocycles. The van der Waals surface area contributed by atoms with Gasteiger partial charge in [-0.3, -0.25) is 4.57 Å². The fraction of sp³-hybridized carbons (Fsp3) is 0.417. The van der Waals surface area contributed by atoms with Crippen molar-refractivity contribution >= 4 is 0 Å². The molecule has 0 radical (unpaired) electrons. The Morgan fingerprint density at radius 1 is 1.24 bits per heavy atom. The van der Waals surface area contributed by atoms with Gasteiger partial charge in [0.25, 0.3) is 0 Å². The summed E-state index contributed by atoms with van der Waals surface area (Å²) in [4.78, 5) is 4.25. The van der Waals surface area contributed by atoms with E-state index in [1.54, 1.807) is 6.33 Å². The second kappa shape index (κ2) is 5.05. The Hall–Kier alpha value is -1.75. The lowest BCUT2D eigenvalue weighted by atomic mass is 10.3. The summed E-state index contributed by atoms with van der Waals surface area (Å²) in [5.41, 5.74) is 3.06. The van der Waals surface area contributed by atoms with Gasteiger partial charge in [-0.05, 0) is 32.5 Å². The molecule has 0 saturated carbocycles. The molecule has 2 aromatic heterocycles. The van der Waals surface area contributed by atoms with E-state index in [-0.39, 0.29) is 0 Å². The van der Waals surface area contributed by atoms with Gasteiger partial charge in [0.05, 0.1) is 11.4 Å². The standard InChI is InChI=1S/C12H17N5/c1-4-13-7-11-5-6-12(16-15-11)17-8-14-9(2)10(17)3/h5-6,8,13H,4,7H2,1-3H3. The Labute approximate surface area is 101 Å². The van der Waals surface area contributed by atoms with Crippen molar-refractivity contribution in [3.8, 4) is 5.82 Å². The van der Waals surface area contributed by atoms with E-state index in [4.69, 9.17) is 0 Å². The number of aromatic nitrogens is 4. The van der Waals surface area contributed by atoms with Crippen LogP contribution in [-0.2, 0) is 6.54 Å². The van der Waals surface area contributed by atoms with E-state index in [0.717, 1.165) is 36.0 Å². The number of nitrogens with zero attached hydrogens (tertiary/aromatic N) is 4. The Kier molecular flexibility index (Phi) is 3.49. The van der Waals surface area contributed by atoms with Crippen LogP contribution in [0.4, 0.5) is 0 Å². The van der Waals surface area contributed by atoms with Gasteiger partial charge in [-0.2, -0.15) is 5.10 Å². The molecule has 0 bridgehead atoms. The van der Waals surface area contributed by atoms with Gasteiger partial charge in [0.2, 0.25) is 0 Å². The largest absolute Gasteiger partial charge is 0.311 e. The second-order valence-corrected chi connectivity index (χ2v) is 3.95. The third-order valence-electron chi connectivity index (χ3n) is 2.76. The van der Waals surface area contributed by atoms with E-state index >= 15 is 0 Å². The average Bonchev–Trinajstić information content (AvgIpc) is 2.68. The zero-order chi connectivity index (χ0) is 12.3. The zero-order valence-electron chi connectivity index (χ0n) is 10.4. The SMILES string of the molecule is CCNCc1ccc(-n2cnc(C)c2C)nn1. The highest BCUT2D eigenvalue weighted by molar-refractivity contribution is 5.27. The topological polar surface area (TPSA) is 55.6 Å². The molecule has 5 heteroatoms. The molecule has 0 aliphatic heterocycles. The lowest BCUT2D eigenvalue weighted by Crippen LogP contribution is -2.13. The van der Waals surface area contributed by atoms with Crippen LogP contribution >= 0.6 is 0 Å². The number of rotatable bonds is 4. The lowest BCUT2D eigenvalue weighted by molar-refractivity contribution is 0.695. The minimum atomic E-state index is 0.756. The number of hydrogen-bond donors (Lipinski definition) is 1. The van der Waals surface area contributed by atoms with Crippen LogP contribution in [0.3, 0.4) is 0 Å². The van der Waals surface area contributed by atoms with Gasteiger partial charge in [0.15, 0.2) is 5.82 Å². The molecule has 0 atom stereocenters. The molecule has 2 heterocycles. The maximum absolute atomic E-state index is 4.25. The Balaban J connectivity index is 2.20. The molecule has 1 N–H and O–H groups in total. The van der Waals surface area contributed by atoms with E-state index in [1.807, 2.05) is 30.5 Å². The number of hydrogen-bond acceptors (Lipinski definition) is 4. The van der Waals surface area contributed by atoms with Gasteiger partial charge in [-0.15, -0.1) is 5.10 Å². The predicted octanol–water partition coefficient (Wildman–Crippen LogP) is 1.39. The Morgan fingerprint density at radius 2 is 2.06 bits per heavy atom. The average molecular weight is 231 g/mol. The quantitative estimate of drug-likeness (QED) is 0.864. The van der Waals surface area contributed by atoms with Crippen molar-refractivity contribution in [2.45, 2.75) is 27.3 Å². The first-order valence-electron chi connectivity index (χ1n) is 5.76. The maximum Gasteiger partial charge on any atom is 0.160 e. The minimum Gasteiger partial charge on any atom is -0.311 e. The van der Waals surface area contributed by atoms with E-state index in [9.17, 15) is 0 Å². The highest BCUT2D eigenvalue weighted by Crippen LogP contribution is 2.10. The van der Waals surface area contributed by atoms with Crippen LogP contribution in [0.25, 0.3) is 5.82 Å². The highest BCUT2D eigenvalue weighted by atomic mass is 15.2. The van der Waals surface area contributed by atoms with Crippen LogP contribution < -0.4 is 5.32 Å². The van der Waals surface area contributed by atoms with Gasteiger partial charge in [-0.1, -0.05) is 6.92 Å². The van der Waals surface area contributed by atoms with Gasteiger partial charge >= 0.3 is 0 Å². The molecule has 5 nitrogen and oxygen atoms in total. The molecule has 0 fully saturated rings. The van der Waals surface area contributed by atoms with Crippen LogP contribution in [0.5, 0.6) is 0 Å². The second-order valence-electron chi connectivity index (χ2n) is 3.95. The molecule has 0 spiro atoms. The van der Waals surface area contributed by atoms with Crippen molar-refractivity contribution < 1.29 is 0 Å². The summed E-state index contributed by atoms with van der Waals surface area (Å²) >= 11 is 0. The Bertz CT molecular complexity index is 486. The number of nitrogens with one attached hydrogen (secondary N) is 1. The summed E-state index contributed by atoms with van der Waals surface area (Å²) in [5.74, 6) is 0.809. The van der Waals surface area contributed by atoms with Crippen molar-refractivity contribution in [2.24, 2.45) is 0 Å². The van der Waals surface area contributed by atoms with E-state index in [1.165, 1.54) is 0 Å². The van der Waals surface area contributed by atoms with Gasteiger partial charge < -0.3 is 5.32 Å². The number of aryl methyl sites for hydroxylation is 1. The fourth-order valence-corrected chi connectivity index (χ4v) is 1.56. The summed E-state index contributed by atoms with van der Waals surface area (Å²) in [7, 11) is 0. The summed E-state index contributed by atoms with van der Waals surface area (Å²) < 4.78 is 1.94. The summed E-state index contributed by atoms with van der Waals surface area (Å²) in [5, 5.41) is 11.6. The summed E-state index contributed by atoms with van der Waals surface area (Å²) in [6.07, 6.45) is 1.78. The first kappa shape index (κ1) is 11.7. The monoisotopic (exact) mass is 231 g/mol. The molecule has 17 heavy (non-hydrogen) atoms. The molecule has 0 aromatic carbocycles. The van der Waals surface area contributed by atoms with E-state index in [0.29, 0.717) is 0 Å². The fourth-order valence-electron chi connectivity index (χ4n) is 1.56. The van der Waals surface area contributed by atoms with E-state index in [2.05, 4.69) is 27.4 Å². The zero-order valence-corrected chi connectivity index (χ0v) is 10.4. The smallest absolute Gasteiger partial charge is 0.160 e. The molecule has 90 valence electrons. The van der Waals surface area contributed by atoms with Crippen LogP contribution in [0.2, 0.25) is 0 Å². The molecule has 2 rings (SSSR count). The highest BCUT2D eigenvalue weighted by Gasteiger charge is 2.05. The van der Waals surface area contributed by atoms with Gasteiger partial charge in [0, 0.05) is 12.2 Å². The van der Waals surface area contributed by atoms with Crippen molar-refractivity contribution in [3.05, 3.63) is 35.5 Å².